The van der Waals surface area contributed by atoms with Gasteiger partial charge in [-0.1, -0.05) is 41.9 Å². The SMILES string of the molecule is CC.CCOP(O)C(F)(F)c1ccc(CC(=O)OC)cc1Br. The van der Waals surface area contributed by atoms with Crippen LogP contribution in [0.4, 0.5) is 8.78 Å². The summed E-state index contributed by atoms with van der Waals surface area (Å²) in [5.74, 6) is -0.463. The van der Waals surface area contributed by atoms with Gasteiger partial charge in [0.25, 0.3) is 0 Å². The number of rotatable bonds is 6. The lowest BCUT2D eigenvalue weighted by Gasteiger charge is -2.22. The first kappa shape index (κ1) is 21.4. The van der Waals surface area contributed by atoms with E-state index in [1.165, 1.54) is 26.2 Å². The van der Waals surface area contributed by atoms with E-state index in [0.717, 1.165) is 6.07 Å². The molecule has 0 amide bonds. The molecule has 0 spiro atoms. The first-order valence-electron chi connectivity index (χ1n) is 6.68. The standard InChI is InChI=1S/C12H14BrF2O4P.C2H6/c1-3-19-20(17)12(14,15)9-5-4-8(6-10(9)13)7-11(16)18-2;1-2/h4-6,17H,3,7H2,1-2H3;1-2H3. The second-order valence-electron chi connectivity index (χ2n) is 3.80. The fraction of sp³-hybridized carbons (Fsp3) is 0.500. The molecule has 0 aliphatic carbocycles. The molecule has 8 heteroatoms. The Morgan fingerprint density at radius 2 is 2.00 bits per heavy atom. The van der Waals surface area contributed by atoms with Gasteiger partial charge in [-0.2, -0.15) is 8.78 Å². The second-order valence-corrected chi connectivity index (χ2v) is 6.02. The molecular formula is C14H20BrF2O4P. The highest BCUT2D eigenvalue weighted by Gasteiger charge is 2.44. The summed E-state index contributed by atoms with van der Waals surface area (Å²) in [5.41, 5.74) is -3.34. The van der Waals surface area contributed by atoms with Crippen molar-refractivity contribution in [3.63, 3.8) is 0 Å². The molecule has 4 nitrogen and oxygen atoms in total. The smallest absolute Gasteiger partial charge is 0.340 e. The van der Waals surface area contributed by atoms with E-state index < -0.39 is 20.0 Å². The molecule has 1 atom stereocenters. The lowest BCUT2D eigenvalue weighted by Crippen LogP contribution is -2.14. The molecule has 22 heavy (non-hydrogen) atoms. The maximum atomic E-state index is 14.0. The van der Waals surface area contributed by atoms with Gasteiger partial charge in [-0.3, -0.25) is 4.79 Å². The van der Waals surface area contributed by atoms with E-state index in [9.17, 15) is 18.5 Å². The Labute approximate surface area is 138 Å². The number of methoxy groups -OCH3 is 1. The third-order valence-corrected chi connectivity index (χ3v) is 4.31. The Kier molecular flexibility index (Phi) is 9.92. The van der Waals surface area contributed by atoms with Crippen LogP contribution in [0.5, 0.6) is 0 Å². The number of hydrogen-bond acceptors (Lipinski definition) is 4. The average Bonchev–Trinajstić information content (AvgIpc) is 2.49. The first-order valence-corrected chi connectivity index (χ1v) is 8.69. The number of alkyl halides is 2. The summed E-state index contributed by atoms with van der Waals surface area (Å²) < 4.78 is 37.2. The van der Waals surface area contributed by atoms with Gasteiger partial charge in [0.05, 0.1) is 20.1 Å². The molecule has 126 valence electrons. The topological polar surface area (TPSA) is 55.8 Å². The van der Waals surface area contributed by atoms with E-state index in [1.54, 1.807) is 0 Å². The molecule has 1 aromatic rings. The predicted molar refractivity (Wildman–Crippen MR) is 85.9 cm³/mol. The van der Waals surface area contributed by atoms with Crippen molar-refractivity contribution < 1.29 is 27.7 Å². The van der Waals surface area contributed by atoms with Crippen LogP contribution < -0.4 is 0 Å². The lowest BCUT2D eigenvalue weighted by atomic mass is 10.1. The van der Waals surface area contributed by atoms with E-state index >= 15 is 0 Å². The van der Waals surface area contributed by atoms with Crippen molar-refractivity contribution in [3.8, 4) is 0 Å². The minimum absolute atomic E-state index is 0.00413. The Morgan fingerprint density at radius 1 is 1.41 bits per heavy atom. The number of hydrogen-bond donors (Lipinski definition) is 1. The van der Waals surface area contributed by atoms with Gasteiger partial charge < -0.3 is 14.2 Å². The van der Waals surface area contributed by atoms with Gasteiger partial charge in [0, 0.05) is 10.0 Å². The van der Waals surface area contributed by atoms with Crippen LogP contribution >= 0.6 is 24.3 Å². The molecule has 0 saturated carbocycles. The minimum Gasteiger partial charge on any atom is -0.469 e. The normalized spacial score (nSPS) is 12.2. The quantitative estimate of drug-likeness (QED) is 0.560. The number of benzene rings is 1. The van der Waals surface area contributed by atoms with Gasteiger partial charge >= 0.3 is 11.6 Å². The van der Waals surface area contributed by atoms with Gasteiger partial charge in [-0.25, -0.2) is 0 Å². The summed E-state index contributed by atoms with van der Waals surface area (Å²) in [7, 11) is -1.65. The van der Waals surface area contributed by atoms with Crippen LogP contribution in [0, 0.1) is 0 Å². The molecule has 0 bridgehead atoms. The number of carbonyl (C=O) groups excluding carboxylic acids is 1. The Bertz CT molecular complexity index is 486. The third-order valence-electron chi connectivity index (χ3n) is 2.43. The zero-order valence-electron chi connectivity index (χ0n) is 12.9. The van der Waals surface area contributed by atoms with Crippen molar-refractivity contribution >= 4 is 30.3 Å². The van der Waals surface area contributed by atoms with Gasteiger partial charge in [-0.15, -0.1) is 0 Å². The number of esters is 1. The van der Waals surface area contributed by atoms with Gasteiger partial charge in [-0.05, 0) is 18.6 Å². The molecule has 1 rings (SSSR count). The zero-order chi connectivity index (χ0) is 17.3. The molecule has 0 aromatic heterocycles. The molecule has 0 fully saturated rings. The summed E-state index contributed by atoms with van der Waals surface area (Å²) in [5, 5.41) is 0. The Hall–Kier alpha value is -0.620. The molecule has 0 aliphatic heterocycles. The summed E-state index contributed by atoms with van der Waals surface area (Å²) in [6.45, 7) is 5.52. The molecule has 0 heterocycles. The van der Waals surface area contributed by atoms with Crippen molar-refractivity contribution in [2.75, 3.05) is 13.7 Å². The Balaban J connectivity index is 0.00000211. The lowest BCUT2D eigenvalue weighted by molar-refractivity contribution is -0.139. The molecule has 0 radical (unpaired) electrons. The zero-order valence-corrected chi connectivity index (χ0v) is 15.4. The maximum absolute atomic E-state index is 14.0. The van der Waals surface area contributed by atoms with Crippen LogP contribution in [-0.4, -0.2) is 24.6 Å². The summed E-state index contributed by atoms with van der Waals surface area (Å²) in [4.78, 5) is 20.5. The number of carbonyl (C=O) groups is 1. The predicted octanol–water partition coefficient (Wildman–Crippen LogP) is 4.58. The largest absolute Gasteiger partial charge is 0.469 e. The van der Waals surface area contributed by atoms with Crippen molar-refractivity contribution in [1.29, 1.82) is 0 Å². The summed E-state index contributed by atoms with van der Waals surface area (Å²) in [6.07, 6.45) is -0.0136. The fourth-order valence-electron chi connectivity index (χ4n) is 1.46. The molecule has 1 N–H and O–H groups in total. The number of halogens is 3. The van der Waals surface area contributed by atoms with Crippen molar-refractivity contribution in [2.45, 2.75) is 32.9 Å². The summed E-state index contributed by atoms with van der Waals surface area (Å²) >= 11 is 3.03. The van der Waals surface area contributed by atoms with Gasteiger partial charge in [0.15, 0.2) is 0 Å². The van der Waals surface area contributed by atoms with Crippen LogP contribution in [-0.2, 0) is 26.1 Å². The van der Waals surface area contributed by atoms with E-state index in [-0.39, 0.29) is 23.1 Å². The second kappa shape index (κ2) is 10.2. The van der Waals surface area contributed by atoms with E-state index in [4.69, 9.17) is 0 Å². The molecule has 1 aromatic carbocycles. The van der Waals surface area contributed by atoms with Gasteiger partial charge in [0.1, 0.15) is 0 Å². The fourth-order valence-corrected chi connectivity index (χ4v) is 3.09. The molecular weight excluding hydrogens is 381 g/mol. The maximum Gasteiger partial charge on any atom is 0.340 e. The Morgan fingerprint density at radius 3 is 2.45 bits per heavy atom. The van der Waals surface area contributed by atoms with Crippen molar-refractivity contribution in [2.24, 2.45) is 0 Å². The molecule has 0 aliphatic rings. The van der Waals surface area contributed by atoms with Crippen LogP contribution in [0.2, 0.25) is 0 Å². The highest BCUT2D eigenvalue weighted by Crippen LogP contribution is 2.57. The molecule has 0 saturated heterocycles. The van der Waals surface area contributed by atoms with Crippen molar-refractivity contribution in [3.05, 3.63) is 33.8 Å². The highest BCUT2D eigenvalue weighted by molar-refractivity contribution is 9.10. The van der Waals surface area contributed by atoms with Crippen LogP contribution in [0.1, 0.15) is 31.9 Å². The van der Waals surface area contributed by atoms with E-state index in [2.05, 4.69) is 25.2 Å². The van der Waals surface area contributed by atoms with Crippen LogP contribution in [0.15, 0.2) is 22.7 Å². The van der Waals surface area contributed by atoms with E-state index in [1.807, 2.05) is 13.8 Å². The monoisotopic (exact) mass is 400 g/mol. The minimum atomic E-state index is -3.49. The van der Waals surface area contributed by atoms with Crippen LogP contribution in [0.25, 0.3) is 0 Å². The highest BCUT2D eigenvalue weighted by atomic mass is 79.9. The van der Waals surface area contributed by atoms with Gasteiger partial charge in [0.2, 0.25) is 8.38 Å². The van der Waals surface area contributed by atoms with E-state index in [0.29, 0.717) is 5.56 Å². The van der Waals surface area contributed by atoms with Crippen LogP contribution in [0.3, 0.4) is 0 Å². The first-order chi connectivity index (χ1) is 10.3. The average molecular weight is 401 g/mol. The third kappa shape index (κ3) is 5.88. The molecule has 1 unspecified atom stereocenters. The van der Waals surface area contributed by atoms with Crippen molar-refractivity contribution in [1.82, 2.24) is 0 Å². The number of ether oxygens (including phenoxy) is 1. The summed E-state index contributed by atoms with van der Waals surface area (Å²) in [6, 6.07) is 3.95.